The molecule has 0 fully saturated rings. The second-order valence-electron chi connectivity index (χ2n) is 3.08. The molecule has 0 aliphatic carbocycles. The van der Waals surface area contributed by atoms with Gasteiger partial charge in [0.2, 0.25) is 0 Å². The van der Waals surface area contributed by atoms with E-state index in [9.17, 15) is 9.36 Å². The lowest BCUT2D eigenvalue weighted by atomic mass is 10.0. The van der Waals surface area contributed by atoms with Crippen molar-refractivity contribution in [2.75, 3.05) is 0 Å². The first-order valence-electron chi connectivity index (χ1n) is 3.49. The molecule has 0 spiro atoms. The zero-order chi connectivity index (χ0) is 9.99. The normalized spacial score (nSPS) is 12.4. The maximum absolute atomic E-state index is 10.7. The molecule has 0 aromatic carbocycles. The van der Waals surface area contributed by atoms with Crippen molar-refractivity contribution in [2.24, 2.45) is 0 Å². The molecule has 6 heteroatoms. The molecule has 0 aliphatic heterocycles. The van der Waals surface area contributed by atoms with Gasteiger partial charge in [0.1, 0.15) is 0 Å². The van der Waals surface area contributed by atoms with Crippen molar-refractivity contribution in [2.45, 2.75) is 32.7 Å². The molecule has 2 N–H and O–H groups in total. The van der Waals surface area contributed by atoms with Crippen LogP contribution in [0.5, 0.6) is 0 Å². The summed E-state index contributed by atoms with van der Waals surface area (Å²) in [4.78, 5) is 27.7. The molecule has 0 aromatic rings. The standard InChI is InChI=1S/C6H12NO4P/c1-4-6(2,3)7(5-8)12(9,10)11/h4H2,1-3H3,(H-,9,10,11)/p+1. The lowest BCUT2D eigenvalue weighted by Gasteiger charge is -2.16. The highest BCUT2D eigenvalue weighted by atomic mass is 31.2. The lowest BCUT2D eigenvalue weighted by Crippen LogP contribution is -2.33. The van der Waals surface area contributed by atoms with E-state index in [2.05, 4.69) is 0 Å². The summed E-state index contributed by atoms with van der Waals surface area (Å²) in [6, 6.07) is 0. The molecule has 0 saturated carbocycles. The monoisotopic (exact) mass is 194 g/mol. The van der Waals surface area contributed by atoms with Crippen molar-refractivity contribution in [1.29, 1.82) is 0 Å². The van der Waals surface area contributed by atoms with Gasteiger partial charge in [-0.05, 0) is 0 Å². The third-order valence-electron chi connectivity index (χ3n) is 1.79. The highest BCUT2D eigenvalue weighted by Crippen LogP contribution is 2.40. The maximum Gasteiger partial charge on any atom is 0.614 e. The third-order valence-corrected chi connectivity index (χ3v) is 2.93. The number of isocyanates is 1. The second-order valence-corrected chi connectivity index (χ2v) is 4.51. The van der Waals surface area contributed by atoms with E-state index >= 15 is 0 Å². The van der Waals surface area contributed by atoms with Crippen molar-refractivity contribution in [3.05, 3.63) is 0 Å². The van der Waals surface area contributed by atoms with Gasteiger partial charge in [-0.3, -0.25) is 9.79 Å². The first-order valence-corrected chi connectivity index (χ1v) is 5.06. The van der Waals surface area contributed by atoms with E-state index < -0.39 is 13.3 Å². The molecule has 0 bridgehead atoms. The van der Waals surface area contributed by atoms with Crippen LogP contribution < -0.4 is 0 Å². The van der Waals surface area contributed by atoms with Crippen LogP contribution >= 0.6 is 7.75 Å². The molecule has 0 rings (SSSR count). The van der Waals surface area contributed by atoms with Gasteiger partial charge in [0.05, 0.1) is 0 Å². The average Bonchev–Trinajstić information content (AvgIpc) is 1.85. The molecular formula is C6H13NO4P+. The molecule has 70 valence electrons. The first kappa shape index (κ1) is 11.5. The first-order chi connectivity index (χ1) is 5.25. The zero-order valence-electron chi connectivity index (χ0n) is 7.31. The highest BCUT2D eigenvalue weighted by molar-refractivity contribution is 7.45. The number of carbonyl (C=O) groups excluding carboxylic acids is 1. The Balaban J connectivity index is 5.12. The van der Waals surface area contributed by atoms with Crippen LogP contribution in [0.4, 0.5) is 0 Å². The molecule has 0 aromatic heterocycles. The van der Waals surface area contributed by atoms with Crippen molar-refractivity contribution >= 4 is 13.8 Å². The largest absolute Gasteiger partial charge is 0.614 e. The highest BCUT2D eigenvalue weighted by Gasteiger charge is 2.43. The fraction of sp³-hybridized carbons (Fsp3) is 0.833. The van der Waals surface area contributed by atoms with Gasteiger partial charge in [0.25, 0.3) is 0 Å². The predicted octanol–water partition coefficient (Wildman–Crippen LogP) is 0.616. The molecule has 0 radical (unpaired) electrons. The molecule has 0 amide bonds. The van der Waals surface area contributed by atoms with E-state index in [-0.39, 0.29) is 0 Å². The summed E-state index contributed by atoms with van der Waals surface area (Å²) in [5, 5.41) is 0. The van der Waals surface area contributed by atoms with Crippen LogP contribution in [0.1, 0.15) is 27.2 Å². The Labute approximate surface area is 70.9 Å². The van der Waals surface area contributed by atoms with Crippen LogP contribution in [0.25, 0.3) is 0 Å². The van der Waals surface area contributed by atoms with Gasteiger partial charge in [-0.25, -0.2) is 0 Å². The third kappa shape index (κ3) is 2.54. The summed E-state index contributed by atoms with van der Waals surface area (Å²) >= 11 is 0. The fourth-order valence-corrected chi connectivity index (χ4v) is 1.63. The summed E-state index contributed by atoms with van der Waals surface area (Å²) in [5.41, 5.74) is -0.860. The van der Waals surface area contributed by atoms with E-state index in [0.717, 1.165) is 0 Å². The minimum absolute atomic E-state index is 0.417. The quantitative estimate of drug-likeness (QED) is 0.392. The minimum Gasteiger partial charge on any atom is -0.270 e. The molecule has 12 heavy (non-hydrogen) atoms. The summed E-state index contributed by atoms with van der Waals surface area (Å²) in [5.74, 6) is 0. The summed E-state index contributed by atoms with van der Waals surface area (Å²) in [6.45, 7) is 4.87. The molecule has 0 atom stereocenters. The van der Waals surface area contributed by atoms with Crippen LogP contribution in [-0.2, 0) is 9.36 Å². The van der Waals surface area contributed by atoms with Crippen molar-refractivity contribution in [3.63, 3.8) is 0 Å². The van der Waals surface area contributed by atoms with E-state index in [1.54, 1.807) is 20.8 Å². The Kier molecular flexibility index (Phi) is 3.36. The predicted molar refractivity (Wildman–Crippen MR) is 42.4 cm³/mol. The molecular weight excluding hydrogens is 181 g/mol. The number of nitrogens with zero attached hydrogens (tertiary/aromatic N) is 1. The van der Waals surface area contributed by atoms with Crippen LogP contribution in [0.2, 0.25) is 0 Å². The van der Waals surface area contributed by atoms with Gasteiger partial charge in [0, 0.05) is 20.3 Å². The Hall–Kier alpha value is -0.470. The van der Waals surface area contributed by atoms with Crippen LogP contribution in [0.3, 0.4) is 0 Å². The summed E-state index contributed by atoms with van der Waals surface area (Å²) in [6.07, 6.45) is 1.71. The van der Waals surface area contributed by atoms with Gasteiger partial charge in [-0.1, -0.05) is 11.3 Å². The Bertz CT molecular complexity index is 261. The van der Waals surface area contributed by atoms with E-state index in [1.165, 1.54) is 6.08 Å². The minimum atomic E-state index is -4.50. The van der Waals surface area contributed by atoms with Gasteiger partial charge < -0.3 is 0 Å². The van der Waals surface area contributed by atoms with Crippen LogP contribution in [0, 0.1) is 0 Å². The van der Waals surface area contributed by atoms with Crippen molar-refractivity contribution in [3.8, 4) is 0 Å². The molecule has 0 saturated heterocycles. The number of hydrogen-bond donors (Lipinski definition) is 2. The van der Waals surface area contributed by atoms with E-state index in [0.29, 0.717) is 10.8 Å². The molecule has 0 heterocycles. The Morgan fingerprint density at radius 3 is 2.00 bits per heavy atom. The molecule has 0 unspecified atom stereocenters. The Morgan fingerprint density at radius 2 is 1.92 bits per heavy atom. The Morgan fingerprint density at radius 1 is 1.50 bits per heavy atom. The van der Waals surface area contributed by atoms with Gasteiger partial charge in [0.15, 0.2) is 5.54 Å². The molecule has 0 aliphatic rings. The fourth-order valence-electron chi connectivity index (χ4n) is 0.679. The average molecular weight is 194 g/mol. The zero-order valence-corrected chi connectivity index (χ0v) is 8.21. The van der Waals surface area contributed by atoms with Crippen LogP contribution in [-0.4, -0.2) is 25.8 Å². The molecule has 5 nitrogen and oxygen atoms in total. The van der Waals surface area contributed by atoms with Gasteiger partial charge in [-0.15, -0.1) is 0 Å². The summed E-state index contributed by atoms with van der Waals surface area (Å²) < 4.78 is 11.1. The van der Waals surface area contributed by atoms with Crippen LogP contribution in [0.15, 0.2) is 0 Å². The second kappa shape index (κ2) is 3.50. The van der Waals surface area contributed by atoms with Gasteiger partial charge in [-0.2, -0.15) is 9.36 Å². The maximum atomic E-state index is 10.7. The SMILES string of the molecule is CCC(C)(C)[N+](=C=O)P(=O)(O)O. The van der Waals surface area contributed by atoms with E-state index in [1.807, 2.05) is 0 Å². The topological polar surface area (TPSA) is 77.6 Å². The van der Waals surface area contributed by atoms with Crippen molar-refractivity contribution < 1.29 is 23.5 Å². The number of rotatable bonds is 3. The van der Waals surface area contributed by atoms with E-state index in [4.69, 9.17) is 9.79 Å². The smallest absolute Gasteiger partial charge is 0.270 e. The summed E-state index contributed by atoms with van der Waals surface area (Å²) in [7, 11) is -4.50. The van der Waals surface area contributed by atoms with Crippen molar-refractivity contribution in [1.82, 2.24) is 0 Å². The van der Waals surface area contributed by atoms with Gasteiger partial charge >= 0.3 is 13.8 Å². The number of hydrogen-bond acceptors (Lipinski definition) is 2. The lowest BCUT2D eigenvalue weighted by molar-refractivity contribution is -0.482.